The minimum absolute atomic E-state index is 0.410. The number of fused-ring (bicyclic) bond motifs is 1. The minimum Gasteiger partial charge on any atom is -0.468 e. The highest BCUT2D eigenvalue weighted by Crippen LogP contribution is 2.13. The second kappa shape index (κ2) is 4.50. The maximum Gasteiger partial charge on any atom is 0.293 e. The van der Waals surface area contributed by atoms with Crippen LogP contribution in [0.4, 0.5) is 0 Å². The van der Waals surface area contributed by atoms with Crippen molar-refractivity contribution in [3.05, 3.63) is 36.2 Å². The summed E-state index contributed by atoms with van der Waals surface area (Å²) in [6.45, 7) is 0.875. The van der Waals surface area contributed by atoms with Crippen molar-refractivity contribution < 1.29 is 9.53 Å². The maximum atomic E-state index is 9.97. The van der Waals surface area contributed by atoms with Crippen LogP contribution in [0, 0.1) is 0 Å². The van der Waals surface area contributed by atoms with Gasteiger partial charge in [0.25, 0.3) is 6.47 Å². The Morgan fingerprint density at radius 3 is 2.80 bits per heavy atom. The Hall–Kier alpha value is -1.97. The molecule has 1 aromatic carbocycles. The predicted molar refractivity (Wildman–Crippen MR) is 55.3 cm³/mol. The lowest BCUT2D eigenvalue weighted by Crippen LogP contribution is -1.96. The monoisotopic (exact) mass is 202 g/mol. The van der Waals surface area contributed by atoms with Crippen molar-refractivity contribution in [3.8, 4) is 0 Å². The summed E-state index contributed by atoms with van der Waals surface area (Å²) >= 11 is 0. The zero-order chi connectivity index (χ0) is 10.5. The second-order valence-corrected chi connectivity index (χ2v) is 3.17. The largest absolute Gasteiger partial charge is 0.468 e. The van der Waals surface area contributed by atoms with Crippen molar-refractivity contribution in [3.63, 3.8) is 0 Å². The normalized spacial score (nSPS) is 10.1. The van der Waals surface area contributed by atoms with Crippen LogP contribution >= 0.6 is 0 Å². The van der Waals surface area contributed by atoms with Gasteiger partial charge in [0.1, 0.15) is 0 Å². The fourth-order valence-electron chi connectivity index (χ4n) is 1.43. The molecule has 76 valence electrons. The van der Waals surface area contributed by atoms with Crippen molar-refractivity contribution in [2.24, 2.45) is 0 Å². The van der Waals surface area contributed by atoms with E-state index in [9.17, 15) is 4.79 Å². The summed E-state index contributed by atoms with van der Waals surface area (Å²) in [5, 5.41) is 9.72. The fraction of sp³-hybridized carbons (Fsp3) is 0.182. The lowest BCUT2D eigenvalue weighted by atomic mass is 10.1. The molecular weight excluding hydrogens is 192 g/mol. The smallest absolute Gasteiger partial charge is 0.293 e. The Labute approximate surface area is 86.9 Å². The number of ether oxygens (including phenoxy) is 1. The highest BCUT2D eigenvalue weighted by molar-refractivity contribution is 5.81. The molecule has 0 bridgehead atoms. The third-order valence-corrected chi connectivity index (χ3v) is 2.19. The first kappa shape index (κ1) is 9.58. The SMILES string of the molecule is O=COCCc1ccc2cnncc2c1. The number of hydrogen-bond donors (Lipinski definition) is 0. The second-order valence-electron chi connectivity index (χ2n) is 3.17. The van der Waals surface area contributed by atoms with Gasteiger partial charge in [-0.2, -0.15) is 10.2 Å². The molecule has 0 unspecified atom stereocenters. The van der Waals surface area contributed by atoms with Crippen LogP contribution < -0.4 is 0 Å². The van der Waals surface area contributed by atoms with Crippen LogP contribution in [0.5, 0.6) is 0 Å². The van der Waals surface area contributed by atoms with Gasteiger partial charge in [-0.3, -0.25) is 4.79 Å². The summed E-state index contributed by atoms with van der Waals surface area (Å²) in [5.74, 6) is 0. The first-order chi connectivity index (χ1) is 7.40. The quantitative estimate of drug-likeness (QED) is 0.554. The molecule has 0 aliphatic rings. The molecule has 0 atom stereocenters. The van der Waals surface area contributed by atoms with Gasteiger partial charge < -0.3 is 4.74 Å². The van der Waals surface area contributed by atoms with E-state index in [1.54, 1.807) is 12.4 Å². The van der Waals surface area contributed by atoms with Gasteiger partial charge in [0.05, 0.1) is 19.0 Å². The molecule has 0 saturated heterocycles. The molecule has 0 saturated carbocycles. The van der Waals surface area contributed by atoms with E-state index in [1.165, 1.54) is 0 Å². The predicted octanol–water partition coefficient (Wildman–Crippen LogP) is 1.35. The molecule has 0 amide bonds. The first-order valence-electron chi connectivity index (χ1n) is 4.65. The third kappa shape index (κ3) is 2.28. The first-order valence-corrected chi connectivity index (χ1v) is 4.65. The summed E-state index contributed by atoms with van der Waals surface area (Å²) in [4.78, 5) is 9.97. The number of aromatic nitrogens is 2. The molecule has 0 aliphatic heterocycles. The Morgan fingerprint density at radius 2 is 2.00 bits per heavy atom. The van der Waals surface area contributed by atoms with Crippen LogP contribution in [0.15, 0.2) is 30.6 Å². The average molecular weight is 202 g/mol. The van der Waals surface area contributed by atoms with Gasteiger partial charge in [-0.15, -0.1) is 0 Å². The standard InChI is InChI=1S/C11H10N2O2/c14-8-15-4-3-9-1-2-10-6-12-13-7-11(10)5-9/h1-2,5-8H,3-4H2. The highest BCUT2D eigenvalue weighted by atomic mass is 16.5. The molecule has 2 rings (SSSR count). The fourth-order valence-corrected chi connectivity index (χ4v) is 1.43. The van der Waals surface area contributed by atoms with Crippen molar-refractivity contribution in [2.75, 3.05) is 6.61 Å². The molecule has 4 nitrogen and oxygen atoms in total. The molecule has 0 radical (unpaired) electrons. The van der Waals surface area contributed by atoms with Crippen molar-refractivity contribution >= 4 is 17.2 Å². The molecule has 2 aromatic rings. The van der Waals surface area contributed by atoms with Crippen LogP contribution in [0.2, 0.25) is 0 Å². The van der Waals surface area contributed by atoms with Gasteiger partial charge in [0, 0.05) is 17.2 Å². The van der Waals surface area contributed by atoms with Crippen LogP contribution in [0.25, 0.3) is 10.8 Å². The lowest BCUT2D eigenvalue weighted by Gasteiger charge is -2.01. The summed E-state index contributed by atoms with van der Waals surface area (Å²) in [7, 11) is 0. The Morgan fingerprint density at radius 1 is 1.20 bits per heavy atom. The summed E-state index contributed by atoms with van der Waals surface area (Å²) in [6.07, 6.45) is 4.16. The molecule has 0 N–H and O–H groups in total. The lowest BCUT2D eigenvalue weighted by molar-refractivity contribution is -0.128. The number of hydrogen-bond acceptors (Lipinski definition) is 4. The van der Waals surface area contributed by atoms with Crippen LogP contribution in [0.1, 0.15) is 5.56 Å². The zero-order valence-corrected chi connectivity index (χ0v) is 8.09. The van der Waals surface area contributed by atoms with Gasteiger partial charge in [-0.05, 0) is 11.6 Å². The maximum absolute atomic E-state index is 9.97. The minimum atomic E-state index is 0.410. The molecule has 0 aliphatic carbocycles. The van der Waals surface area contributed by atoms with Crippen LogP contribution in [-0.2, 0) is 16.0 Å². The Bertz CT molecular complexity index is 471. The number of carbonyl (C=O) groups is 1. The van der Waals surface area contributed by atoms with E-state index in [1.807, 2.05) is 18.2 Å². The average Bonchev–Trinajstić information content (AvgIpc) is 2.29. The molecule has 1 heterocycles. The molecule has 1 aromatic heterocycles. The molecular formula is C11H10N2O2. The van der Waals surface area contributed by atoms with Gasteiger partial charge in [-0.1, -0.05) is 12.1 Å². The van der Waals surface area contributed by atoms with E-state index in [-0.39, 0.29) is 0 Å². The molecule has 0 spiro atoms. The van der Waals surface area contributed by atoms with E-state index in [0.29, 0.717) is 13.1 Å². The van der Waals surface area contributed by atoms with Crippen molar-refractivity contribution in [1.82, 2.24) is 10.2 Å². The molecule has 4 heteroatoms. The molecule has 15 heavy (non-hydrogen) atoms. The van der Waals surface area contributed by atoms with Gasteiger partial charge in [-0.25, -0.2) is 0 Å². The Balaban J connectivity index is 2.19. The summed E-state index contributed by atoms with van der Waals surface area (Å²) < 4.78 is 4.64. The third-order valence-electron chi connectivity index (χ3n) is 2.19. The van der Waals surface area contributed by atoms with Gasteiger partial charge in [0.2, 0.25) is 0 Å². The number of carbonyl (C=O) groups excluding carboxylic acids is 1. The van der Waals surface area contributed by atoms with E-state index in [4.69, 9.17) is 0 Å². The molecule has 0 fully saturated rings. The summed E-state index contributed by atoms with van der Waals surface area (Å²) in [6, 6.07) is 6.01. The highest BCUT2D eigenvalue weighted by Gasteiger charge is 1.97. The van der Waals surface area contributed by atoms with E-state index < -0.39 is 0 Å². The number of nitrogens with zero attached hydrogens (tertiary/aromatic N) is 2. The Kier molecular flexibility index (Phi) is 2.88. The number of benzene rings is 1. The summed E-state index contributed by atoms with van der Waals surface area (Å²) in [5.41, 5.74) is 1.12. The van der Waals surface area contributed by atoms with E-state index in [0.717, 1.165) is 22.8 Å². The van der Waals surface area contributed by atoms with Crippen molar-refractivity contribution in [2.45, 2.75) is 6.42 Å². The topological polar surface area (TPSA) is 52.1 Å². The van der Waals surface area contributed by atoms with E-state index >= 15 is 0 Å². The van der Waals surface area contributed by atoms with Gasteiger partial charge in [0.15, 0.2) is 0 Å². The van der Waals surface area contributed by atoms with Crippen LogP contribution in [0.3, 0.4) is 0 Å². The van der Waals surface area contributed by atoms with Crippen LogP contribution in [-0.4, -0.2) is 23.3 Å². The zero-order valence-electron chi connectivity index (χ0n) is 8.09. The van der Waals surface area contributed by atoms with Gasteiger partial charge >= 0.3 is 0 Å². The van der Waals surface area contributed by atoms with E-state index in [2.05, 4.69) is 14.9 Å². The number of rotatable bonds is 4. The van der Waals surface area contributed by atoms with Crippen molar-refractivity contribution in [1.29, 1.82) is 0 Å².